The van der Waals surface area contributed by atoms with Gasteiger partial charge in [0.1, 0.15) is 5.75 Å². The van der Waals surface area contributed by atoms with E-state index in [2.05, 4.69) is 40.8 Å². The molecule has 150 valence electrons. The van der Waals surface area contributed by atoms with E-state index in [4.69, 9.17) is 4.74 Å². The van der Waals surface area contributed by atoms with E-state index in [1.807, 2.05) is 27.8 Å². The van der Waals surface area contributed by atoms with Gasteiger partial charge in [0.2, 0.25) is 5.95 Å². The number of nitrogens with zero attached hydrogens (tertiary/aromatic N) is 10. The molecule has 5 heterocycles. The smallest absolute Gasteiger partial charge is 0.229 e. The molecule has 0 saturated heterocycles. The molecule has 0 aliphatic carbocycles. The third-order valence-corrected chi connectivity index (χ3v) is 4.37. The first-order chi connectivity index (χ1) is 14.8. The van der Waals surface area contributed by atoms with E-state index in [9.17, 15) is 0 Å². The third kappa shape index (κ3) is 3.53. The Morgan fingerprint density at radius 2 is 1.97 bits per heavy atom. The van der Waals surface area contributed by atoms with Crippen LogP contribution in [0.4, 0.5) is 11.6 Å². The van der Waals surface area contributed by atoms with Gasteiger partial charge in [0.25, 0.3) is 0 Å². The first-order valence-corrected chi connectivity index (χ1v) is 9.14. The quantitative estimate of drug-likeness (QED) is 0.429. The maximum Gasteiger partial charge on any atom is 0.229 e. The van der Waals surface area contributed by atoms with Gasteiger partial charge in [-0.25, -0.2) is 9.97 Å². The molecule has 0 spiro atoms. The molecule has 5 aromatic rings. The van der Waals surface area contributed by atoms with Crippen LogP contribution in [0.5, 0.6) is 5.75 Å². The van der Waals surface area contributed by atoms with Crippen LogP contribution in [-0.2, 0) is 13.1 Å². The molecule has 12 nitrogen and oxygen atoms in total. The second-order valence-electron chi connectivity index (χ2n) is 6.35. The van der Waals surface area contributed by atoms with E-state index in [-0.39, 0.29) is 0 Å². The van der Waals surface area contributed by atoms with Gasteiger partial charge in [-0.05, 0) is 18.2 Å². The number of aromatic nitrogens is 10. The molecule has 0 bridgehead atoms. The Balaban J connectivity index is 1.35. The van der Waals surface area contributed by atoms with Crippen LogP contribution < -0.4 is 10.1 Å². The zero-order valence-electron chi connectivity index (χ0n) is 16.0. The van der Waals surface area contributed by atoms with E-state index in [0.29, 0.717) is 35.2 Å². The lowest BCUT2D eigenvalue weighted by Gasteiger charge is -2.04. The van der Waals surface area contributed by atoms with Gasteiger partial charge in [0.05, 0.1) is 44.5 Å². The summed E-state index contributed by atoms with van der Waals surface area (Å²) in [6.45, 7) is 1.43. The second-order valence-corrected chi connectivity index (χ2v) is 6.35. The summed E-state index contributed by atoms with van der Waals surface area (Å²) in [5, 5.41) is 19.9. The Morgan fingerprint density at radius 1 is 1.03 bits per heavy atom. The average molecular weight is 403 g/mol. The number of methoxy groups -OCH3 is 1. The predicted molar refractivity (Wildman–Crippen MR) is 107 cm³/mol. The highest BCUT2D eigenvalue weighted by Crippen LogP contribution is 2.18. The van der Waals surface area contributed by atoms with E-state index in [1.165, 1.54) is 0 Å². The lowest BCUT2D eigenvalue weighted by molar-refractivity contribution is 0.412. The van der Waals surface area contributed by atoms with Gasteiger partial charge in [-0.2, -0.15) is 19.9 Å². The maximum atomic E-state index is 5.14. The summed E-state index contributed by atoms with van der Waals surface area (Å²) in [4.78, 5) is 13.2. The van der Waals surface area contributed by atoms with Gasteiger partial charge in [-0.15, -0.1) is 5.10 Å². The zero-order chi connectivity index (χ0) is 20.3. The minimum absolute atomic E-state index is 0.409. The van der Waals surface area contributed by atoms with Crippen molar-refractivity contribution in [2.45, 2.75) is 13.1 Å². The van der Waals surface area contributed by atoms with Crippen LogP contribution in [0.3, 0.4) is 0 Å². The fraction of sp³-hybridized carbons (Fsp3) is 0.167. The number of nitrogens with one attached hydrogen (secondary N) is 1. The van der Waals surface area contributed by atoms with Gasteiger partial charge in [-0.1, -0.05) is 5.21 Å². The topological polar surface area (TPSA) is 126 Å². The van der Waals surface area contributed by atoms with Crippen LogP contribution in [0.2, 0.25) is 0 Å². The SMILES string of the molecule is COc1ccc(-n2nnc3cnc(Nc4cnn(CCn5cccn5)c4)nc32)nc1. The van der Waals surface area contributed by atoms with Gasteiger partial charge in [0.15, 0.2) is 17.0 Å². The Labute approximate surface area is 170 Å². The number of hydrogen-bond acceptors (Lipinski definition) is 9. The largest absolute Gasteiger partial charge is 0.495 e. The van der Waals surface area contributed by atoms with Crippen LogP contribution in [0, 0.1) is 0 Å². The summed E-state index contributed by atoms with van der Waals surface area (Å²) in [6, 6.07) is 5.48. The molecule has 0 saturated carbocycles. The normalized spacial score (nSPS) is 11.1. The summed E-state index contributed by atoms with van der Waals surface area (Å²) >= 11 is 0. The van der Waals surface area contributed by atoms with Crippen molar-refractivity contribution in [3.05, 3.63) is 55.4 Å². The van der Waals surface area contributed by atoms with Crippen LogP contribution in [0.1, 0.15) is 0 Å². The number of aryl methyl sites for hydroxylation is 2. The van der Waals surface area contributed by atoms with E-state index in [1.54, 1.807) is 48.7 Å². The van der Waals surface area contributed by atoms with E-state index < -0.39 is 0 Å². The standard InChI is InChI=1S/C18H17N11O/c1-30-14-3-4-16(19-10-14)29-17-15(25-26-29)11-20-18(24-17)23-13-9-22-28(12-13)8-7-27-6-2-5-21-27/h2-6,9-12H,7-8H2,1H3,(H,20,23,24). The van der Waals surface area contributed by atoms with Crippen molar-refractivity contribution in [1.29, 1.82) is 0 Å². The molecule has 0 aromatic carbocycles. The highest BCUT2D eigenvalue weighted by Gasteiger charge is 2.12. The van der Waals surface area contributed by atoms with Crippen molar-refractivity contribution in [1.82, 2.24) is 49.5 Å². The molecule has 5 aromatic heterocycles. The molecule has 1 N–H and O–H groups in total. The van der Waals surface area contributed by atoms with Crippen LogP contribution >= 0.6 is 0 Å². The predicted octanol–water partition coefficient (Wildman–Crippen LogP) is 1.45. The van der Waals surface area contributed by atoms with Crippen molar-refractivity contribution < 1.29 is 4.74 Å². The Kier molecular flexibility index (Phi) is 4.48. The highest BCUT2D eigenvalue weighted by atomic mass is 16.5. The molecule has 0 radical (unpaired) electrons. The van der Waals surface area contributed by atoms with Crippen molar-refractivity contribution in [2.24, 2.45) is 0 Å². The lowest BCUT2D eigenvalue weighted by atomic mass is 10.4. The molecule has 0 amide bonds. The minimum Gasteiger partial charge on any atom is -0.495 e. The van der Waals surface area contributed by atoms with Gasteiger partial charge >= 0.3 is 0 Å². The van der Waals surface area contributed by atoms with E-state index >= 15 is 0 Å². The monoisotopic (exact) mass is 403 g/mol. The molecule has 5 rings (SSSR count). The molecular weight excluding hydrogens is 386 g/mol. The highest BCUT2D eigenvalue weighted by molar-refractivity contribution is 5.72. The molecule has 0 atom stereocenters. The molecule has 0 unspecified atom stereocenters. The minimum atomic E-state index is 0.409. The number of rotatable bonds is 7. The summed E-state index contributed by atoms with van der Waals surface area (Å²) in [5.41, 5.74) is 1.88. The third-order valence-electron chi connectivity index (χ3n) is 4.37. The van der Waals surface area contributed by atoms with Crippen molar-refractivity contribution in [3.8, 4) is 11.6 Å². The van der Waals surface area contributed by atoms with E-state index in [0.717, 1.165) is 12.2 Å². The van der Waals surface area contributed by atoms with Crippen molar-refractivity contribution in [2.75, 3.05) is 12.4 Å². The molecule has 0 fully saturated rings. The summed E-state index contributed by atoms with van der Waals surface area (Å²) in [5.74, 6) is 1.64. The molecule has 12 heteroatoms. The summed E-state index contributed by atoms with van der Waals surface area (Å²) in [7, 11) is 1.59. The van der Waals surface area contributed by atoms with Crippen molar-refractivity contribution in [3.63, 3.8) is 0 Å². The molecule has 30 heavy (non-hydrogen) atoms. The first-order valence-electron chi connectivity index (χ1n) is 9.14. The van der Waals surface area contributed by atoms with Crippen LogP contribution in [0.25, 0.3) is 17.0 Å². The Hall–Kier alpha value is -4.35. The van der Waals surface area contributed by atoms with Gasteiger partial charge in [0, 0.05) is 18.6 Å². The first kappa shape index (κ1) is 17.7. The zero-order valence-corrected chi connectivity index (χ0v) is 16.0. The van der Waals surface area contributed by atoms with Crippen LogP contribution in [-0.4, -0.2) is 56.6 Å². The number of hydrogen-bond donors (Lipinski definition) is 1. The van der Waals surface area contributed by atoms with Gasteiger partial charge in [-0.3, -0.25) is 9.36 Å². The average Bonchev–Trinajstić information content (AvgIpc) is 3.53. The molecule has 0 aliphatic rings. The molecular formula is C18H17N11O. The summed E-state index contributed by atoms with van der Waals surface area (Å²) in [6.07, 6.45) is 10.5. The number of ether oxygens (including phenoxy) is 1. The Morgan fingerprint density at radius 3 is 2.77 bits per heavy atom. The number of pyridine rings is 1. The number of anilines is 2. The van der Waals surface area contributed by atoms with Gasteiger partial charge < -0.3 is 10.1 Å². The lowest BCUT2D eigenvalue weighted by Crippen LogP contribution is -2.07. The van der Waals surface area contributed by atoms with Crippen LogP contribution in [0.15, 0.2) is 55.4 Å². The maximum absolute atomic E-state index is 5.14. The summed E-state index contributed by atoms with van der Waals surface area (Å²) < 4.78 is 10.4. The van der Waals surface area contributed by atoms with Crippen molar-refractivity contribution >= 4 is 22.8 Å². The Bertz CT molecular complexity index is 1260. The fourth-order valence-corrected chi connectivity index (χ4v) is 2.88. The number of fused-ring (bicyclic) bond motifs is 1. The second kappa shape index (κ2) is 7.58. The fourth-order valence-electron chi connectivity index (χ4n) is 2.88. The molecule has 0 aliphatic heterocycles.